The predicted octanol–water partition coefficient (Wildman–Crippen LogP) is 4.38. The molecule has 6 heteroatoms. The summed E-state index contributed by atoms with van der Waals surface area (Å²) < 4.78 is 19.0. The summed E-state index contributed by atoms with van der Waals surface area (Å²) in [5, 5.41) is 9.37. The maximum Gasteiger partial charge on any atom is 0.349 e. The zero-order valence-corrected chi connectivity index (χ0v) is 12.2. The molecule has 0 bridgehead atoms. The maximum absolute atomic E-state index is 13.6. The number of carboxylic acid groups (broad SMARTS) is 1. The Morgan fingerprint density at radius 2 is 2.25 bits per heavy atom. The van der Waals surface area contributed by atoms with E-state index in [-0.39, 0.29) is 27.8 Å². The smallest absolute Gasteiger partial charge is 0.349 e. The van der Waals surface area contributed by atoms with Crippen molar-refractivity contribution in [2.45, 2.75) is 20.0 Å². The van der Waals surface area contributed by atoms with Crippen LogP contribution in [0.25, 0.3) is 0 Å². The van der Waals surface area contributed by atoms with Crippen molar-refractivity contribution in [1.29, 1.82) is 0 Å². The topological polar surface area (TPSA) is 46.5 Å². The van der Waals surface area contributed by atoms with E-state index in [4.69, 9.17) is 21.4 Å². The van der Waals surface area contributed by atoms with Crippen molar-refractivity contribution in [3.05, 3.63) is 50.4 Å². The highest BCUT2D eigenvalue weighted by Gasteiger charge is 2.17. The monoisotopic (exact) mass is 314 g/mol. The van der Waals surface area contributed by atoms with Crippen LogP contribution < -0.4 is 4.74 Å². The molecule has 0 aliphatic heterocycles. The maximum atomic E-state index is 13.6. The molecule has 0 unspecified atom stereocenters. The van der Waals surface area contributed by atoms with Crippen LogP contribution in [-0.2, 0) is 13.0 Å². The van der Waals surface area contributed by atoms with Gasteiger partial charge in [-0.25, -0.2) is 9.18 Å². The molecule has 0 amide bonds. The van der Waals surface area contributed by atoms with E-state index in [0.717, 1.165) is 22.6 Å². The lowest BCUT2D eigenvalue weighted by Gasteiger charge is -2.08. The van der Waals surface area contributed by atoms with Crippen LogP contribution in [0.3, 0.4) is 0 Å². The Morgan fingerprint density at radius 1 is 1.50 bits per heavy atom. The lowest BCUT2D eigenvalue weighted by Crippen LogP contribution is -2.02. The van der Waals surface area contributed by atoms with Gasteiger partial charge >= 0.3 is 5.97 Å². The normalized spacial score (nSPS) is 10.6. The van der Waals surface area contributed by atoms with Crippen molar-refractivity contribution in [2.24, 2.45) is 0 Å². The molecule has 2 rings (SSSR count). The number of halogens is 2. The van der Waals surface area contributed by atoms with Crippen LogP contribution in [0.4, 0.5) is 4.39 Å². The lowest BCUT2D eigenvalue weighted by atomic mass is 10.2. The number of hydrogen-bond acceptors (Lipinski definition) is 3. The van der Waals surface area contributed by atoms with Gasteiger partial charge in [0.15, 0.2) is 4.88 Å². The molecule has 0 saturated heterocycles. The highest BCUT2D eigenvalue weighted by Crippen LogP contribution is 2.31. The van der Waals surface area contributed by atoms with E-state index in [0.29, 0.717) is 0 Å². The number of carbonyl (C=O) groups is 1. The van der Waals surface area contributed by atoms with Gasteiger partial charge in [0.05, 0.1) is 5.02 Å². The fourth-order valence-electron chi connectivity index (χ4n) is 1.67. The van der Waals surface area contributed by atoms with E-state index in [1.807, 2.05) is 6.92 Å². The Morgan fingerprint density at radius 3 is 2.85 bits per heavy atom. The van der Waals surface area contributed by atoms with Crippen molar-refractivity contribution in [3.8, 4) is 5.75 Å². The Hall–Kier alpha value is -1.59. The van der Waals surface area contributed by atoms with Gasteiger partial charge in [0.1, 0.15) is 18.2 Å². The summed E-state index contributed by atoms with van der Waals surface area (Å²) in [7, 11) is 0. The minimum absolute atomic E-state index is 0.105. The number of benzene rings is 1. The van der Waals surface area contributed by atoms with Gasteiger partial charge in [-0.05, 0) is 24.6 Å². The van der Waals surface area contributed by atoms with Crippen molar-refractivity contribution in [3.63, 3.8) is 0 Å². The predicted molar refractivity (Wildman–Crippen MR) is 76.4 cm³/mol. The molecule has 0 fully saturated rings. The fourth-order valence-corrected chi connectivity index (χ4v) is 2.77. The highest BCUT2D eigenvalue weighted by molar-refractivity contribution is 7.14. The molecule has 0 spiro atoms. The molecule has 2 aromatic rings. The standard InChI is InChI=1S/C14H12ClFO3S/c1-2-8-6-12(13(20-8)14(17)18)19-7-9-10(15)4-3-5-11(9)16/h3-6H,2,7H2,1H3,(H,17,18). The number of ether oxygens (including phenoxy) is 1. The number of hydrogen-bond donors (Lipinski definition) is 1. The number of aryl methyl sites for hydroxylation is 1. The second-order valence-electron chi connectivity index (χ2n) is 4.05. The zero-order chi connectivity index (χ0) is 14.7. The van der Waals surface area contributed by atoms with Crippen LogP contribution in [0.1, 0.15) is 27.0 Å². The third-order valence-electron chi connectivity index (χ3n) is 2.73. The van der Waals surface area contributed by atoms with E-state index in [1.165, 1.54) is 12.1 Å². The molecule has 0 atom stereocenters. The van der Waals surface area contributed by atoms with Gasteiger partial charge in [0, 0.05) is 10.4 Å². The van der Waals surface area contributed by atoms with Crippen molar-refractivity contribution < 1.29 is 19.0 Å². The molecule has 1 aromatic heterocycles. The molecule has 0 radical (unpaired) electrons. The van der Waals surface area contributed by atoms with Crippen LogP contribution in [-0.4, -0.2) is 11.1 Å². The summed E-state index contributed by atoms with van der Waals surface area (Å²) in [6, 6.07) is 6.02. The van der Waals surface area contributed by atoms with E-state index >= 15 is 0 Å². The van der Waals surface area contributed by atoms with Crippen LogP contribution >= 0.6 is 22.9 Å². The summed E-state index contributed by atoms with van der Waals surface area (Å²) in [4.78, 5) is 12.1. The molecule has 106 valence electrons. The van der Waals surface area contributed by atoms with Crippen LogP contribution in [0.2, 0.25) is 5.02 Å². The van der Waals surface area contributed by atoms with Crippen molar-refractivity contribution in [1.82, 2.24) is 0 Å². The molecule has 1 aromatic carbocycles. The second-order valence-corrected chi connectivity index (χ2v) is 5.60. The Balaban J connectivity index is 2.22. The minimum atomic E-state index is -1.05. The lowest BCUT2D eigenvalue weighted by molar-refractivity contribution is 0.0697. The first-order valence-electron chi connectivity index (χ1n) is 5.94. The van der Waals surface area contributed by atoms with Crippen molar-refractivity contribution >= 4 is 28.9 Å². The first-order chi connectivity index (χ1) is 9.52. The van der Waals surface area contributed by atoms with E-state index in [2.05, 4.69) is 0 Å². The summed E-state index contributed by atoms with van der Waals surface area (Å²) in [5.41, 5.74) is 0.217. The quantitative estimate of drug-likeness (QED) is 0.890. The number of aromatic carboxylic acids is 1. The van der Waals surface area contributed by atoms with Gasteiger partial charge in [-0.15, -0.1) is 11.3 Å². The minimum Gasteiger partial charge on any atom is -0.487 e. The van der Waals surface area contributed by atoms with Crippen LogP contribution in [0.15, 0.2) is 24.3 Å². The van der Waals surface area contributed by atoms with Crippen LogP contribution in [0, 0.1) is 5.82 Å². The fraction of sp³-hybridized carbons (Fsp3) is 0.214. The average molecular weight is 315 g/mol. The first-order valence-corrected chi connectivity index (χ1v) is 7.14. The largest absolute Gasteiger partial charge is 0.487 e. The SMILES string of the molecule is CCc1cc(OCc2c(F)cccc2Cl)c(C(=O)O)s1. The molecule has 0 saturated carbocycles. The van der Waals surface area contributed by atoms with Gasteiger partial charge in [-0.1, -0.05) is 24.6 Å². The Kier molecular flexibility index (Phi) is 4.62. The second kappa shape index (κ2) is 6.24. The molecule has 20 heavy (non-hydrogen) atoms. The Bertz CT molecular complexity index is 619. The Labute approximate surface area is 124 Å². The molecule has 3 nitrogen and oxygen atoms in total. The van der Waals surface area contributed by atoms with Gasteiger partial charge in [-0.2, -0.15) is 0 Å². The van der Waals surface area contributed by atoms with E-state index < -0.39 is 11.8 Å². The number of thiophene rings is 1. The van der Waals surface area contributed by atoms with Crippen molar-refractivity contribution in [2.75, 3.05) is 0 Å². The summed E-state index contributed by atoms with van der Waals surface area (Å²) in [5.74, 6) is -1.27. The van der Waals surface area contributed by atoms with Gasteiger partial charge in [0.2, 0.25) is 0 Å². The average Bonchev–Trinajstić information content (AvgIpc) is 2.82. The van der Waals surface area contributed by atoms with E-state index in [9.17, 15) is 9.18 Å². The molecular weight excluding hydrogens is 303 g/mol. The zero-order valence-electron chi connectivity index (χ0n) is 10.7. The van der Waals surface area contributed by atoms with E-state index in [1.54, 1.807) is 12.1 Å². The number of rotatable bonds is 5. The summed E-state index contributed by atoms with van der Waals surface area (Å²) in [6.45, 7) is 1.82. The van der Waals surface area contributed by atoms with Crippen LogP contribution in [0.5, 0.6) is 5.75 Å². The summed E-state index contributed by atoms with van der Waals surface area (Å²) >= 11 is 7.06. The highest BCUT2D eigenvalue weighted by atomic mass is 35.5. The molecule has 0 aliphatic rings. The summed E-state index contributed by atoms with van der Waals surface area (Å²) in [6.07, 6.45) is 0.717. The molecular formula is C14H12ClFO3S. The van der Waals surface area contributed by atoms with Gasteiger partial charge in [-0.3, -0.25) is 0 Å². The number of carboxylic acids is 1. The molecule has 0 aliphatic carbocycles. The van der Waals surface area contributed by atoms with Gasteiger partial charge < -0.3 is 9.84 Å². The molecule has 1 N–H and O–H groups in total. The van der Waals surface area contributed by atoms with Gasteiger partial charge in [0.25, 0.3) is 0 Å². The first kappa shape index (κ1) is 14.8. The molecule has 1 heterocycles. The third-order valence-corrected chi connectivity index (χ3v) is 4.33. The third kappa shape index (κ3) is 3.11.